The van der Waals surface area contributed by atoms with Gasteiger partial charge in [-0.25, -0.2) is 4.39 Å². The molecule has 0 fully saturated rings. The van der Waals surface area contributed by atoms with E-state index in [0.29, 0.717) is 10.6 Å². The first-order chi connectivity index (χ1) is 8.04. The summed E-state index contributed by atoms with van der Waals surface area (Å²) in [6.45, 7) is 7.17. The molecule has 94 valence electrons. The zero-order valence-electron chi connectivity index (χ0n) is 10.6. The van der Waals surface area contributed by atoms with Gasteiger partial charge in [0.15, 0.2) is 0 Å². The monoisotopic (exact) mass is 255 g/mol. The molecule has 0 aliphatic carbocycles. The van der Waals surface area contributed by atoms with Crippen molar-refractivity contribution in [2.45, 2.75) is 33.2 Å². The molecule has 0 aliphatic rings. The maximum absolute atomic E-state index is 13.6. The van der Waals surface area contributed by atoms with Crippen LogP contribution in [-0.4, -0.2) is 12.6 Å². The first kappa shape index (κ1) is 14.2. The summed E-state index contributed by atoms with van der Waals surface area (Å²) < 4.78 is 13.6. The van der Waals surface area contributed by atoms with E-state index in [9.17, 15) is 4.39 Å². The summed E-state index contributed by atoms with van der Waals surface area (Å²) in [5.41, 5.74) is 1.69. The van der Waals surface area contributed by atoms with Crippen LogP contribution in [0, 0.1) is 5.82 Å². The van der Waals surface area contributed by atoms with E-state index in [1.165, 1.54) is 6.07 Å². The topological polar surface area (TPSA) is 12.0 Å². The van der Waals surface area contributed by atoms with Gasteiger partial charge in [-0.3, -0.25) is 0 Å². The molecule has 17 heavy (non-hydrogen) atoms. The average molecular weight is 256 g/mol. The average Bonchev–Trinajstić information content (AvgIpc) is 2.29. The Hall–Kier alpha value is -0.860. The minimum Gasteiger partial charge on any atom is -0.311 e. The van der Waals surface area contributed by atoms with Crippen LogP contribution in [0.25, 0.3) is 6.08 Å². The zero-order valence-corrected chi connectivity index (χ0v) is 11.3. The highest BCUT2D eigenvalue weighted by atomic mass is 35.5. The van der Waals surface area contributed by atoms with Crippen molar-refractivity contribution in [2.24, 2.45) is 0 Å². The number of rotatable bonds is 5. The lowest BCUT2D eigenvalue weighted by Gasteiger charge is -2.14. The van der Waals surface area contributed by atoms with E-state index in [4.69, 9.17) is 11.6 Å². The summed E-state index contributed by atoms with van der Waals surface area (Å²) in [6.07, 6.45) is 2.95. The van der Waals surface area contributed by atoms with Crippen molar-refractivity contribution in [3.8, 4) is 0 Å². The van der Waals surface area contributed by atoms with Crippen molar-refractivity contribution in [3.05, 3.63) is 40.2 Å². The van der Waals surface area contributed by atoms with Crippen LogP contribution in [0.4, 0.5) is 4.39 Å². The zero-order chi connectivity index (χ0) is 12.8. The highest BCUT2D eigenvalue weighted by molar-refractivity contribution is 6.30. The predicted octanol–water partition coefficient (Wildman–Crippen LogP) is 4.27. The number of hydrogen-bond acceptors (Lipinski definition) is 1. The van der Waals surface area contributed by atoms with Gasteiger partial charge in [-0.15, -0.1) is 0 Å². The van der Waals surface area contributed by atoms with Gasteiger partial charge in [0.2, 0.25) is 0 Å². The van der Waals surface area contributed by atoms with Crippen LogP contribution in [0.1, 0.15) is 32.8 Å². The summed E-state index contributed by atoms with van der Waals surface area (Å²) >= 11 is 5.71. The molecule has 1 atom stereocenters. The molecule has 0 saturated carbocycles. The van der Waals surface area contributed by atoms with Gasteiger partial charge < -0.3 is 5.32 Å². The summed E-state index contributed by atoms with van der Waals surface area (Å²) in [5, 5.41) is 3.79. The van der Waals surface area contributed by atoms with Gasteiger partial charge in [0.05, 0.1) is 0 Å². The van der Waals surface area contributed by atoms with Crippen LogP contribution < -0.4 is 5.32 Å². The quantitative estimate of drug-likeness (QED) is 0.829. The number of hydrogen-bond donors (Lipinski definition) is 1. The fourth-order valence-electron chi connectivity index (χ4n) is 1.51. The molecule has 0 heterocycles. The van der Waals surface area contributed by atoms with Gasteiger partial charge in [0.1, 0.15) is 5.82 Å². The normalized spacial score (nSPS) is 13.8. The molecular formula is C14H19ClFN. The van der Waals surface area contributed by atoms with E-state index in [2.05, 4.69) is 19.2 Å². The molecule has 0 saturated heterocycles. The van der Waals surface area contributed by atoms with Crippen LogP contribution in [0.15, 0.2) is 23.8 Å². The van der Waals surface area contributed by atoms with E-state index in [1.807, 2.05) is 13.0 Å². The van der Waals surface area contributed by atoms with Crippen LogP contribution in [0.3, 0.4) is 0 Å². The third-order valence-corrected chi connectivity index (χ3v) is 2.96. The smallest absolute Gasteiger partial charge is 0.131 e. The Morgan fingerprint density at radius 1 is 1.53 bits per heavy atom. The lowest BCUT2D eigenvalue weighted by atomic mass is 10.1. The molecule has 0 bridgehead atoms. The third-order valence-electron chi connectivity index (χ3n) is 2.73. The Balaban J connectivity index is 2.79. The Morgan fingerprint density at radius 2 is 2.24 bits per heavy atom. The minimum atomic E-state index is -0.278. The lowest BCUT2D eigenvalue weighted by molar-refractivity contribution is 0.602. The van der Waals surface area contributed by atoms with Crippen molar-refractivity contribution in [2.75, 3.05) is 6.54 Å². The molecule has 1 nitrogen and oxygen atoms in total. The number of benzene rings is 1. The molecule has 0 aliphatic heterocycles. The molecule has 0 spiro atoms. The molecule has 3 heteroatoms. The second-order valence-corrected chi connectivity index (χ2v) is 4.67. The van der Waals surface area contributed by atoms with Gasteiger partial charge in [-0.05, 0) is 38.9 Å². The van der Waals surface area contributed by atoms with Crippen LogP contribution in [-0.2, 0) is 0 Å². The summed E-state index contributed by atoms with van der Waals surface area (Å²) in [4.78, 5) is 0. The van der Waals surface area contributed by atoms with E-state index in [1.54, 1.807) is 12.1 Å². The molecule has 1 N–H and O–H groups in total. The Labute approximate surface area is 108 Å². The van der Waals surface area contributed by atoms with Crippen molar-refractivity contribution < 1.29 is 4.39 Å². The standard InChI is InChI=1S/C14H19ClFN/c1-4-7-17-11(3)10(2)8-12-5-6-13(15)9-14(12)16/h5-6,8-9,11,17H,4,7H2,1-3H3/b10-8+. The molecule has 1 rings (SSSR count). The molecule has 1 aromatic carbocycles. The van der Waals surface area contributed by atoms with E-state index in [-0.39, 0.29) is 11.9 Å². The van der Waals surface area contributed by atoms with Gasteiger partial charge in [0, 0.05) is 16.6 Å². The van der Waals surface area contributed by atoms with Crippen LogP contribution >= 0.6 is 11.6 Å². The van der Waals surface area contributed by atoms with Crippen molar-refractivity contribution in [3.63, 3.8) is 0 Å². The fraction of sp³-hybridized carbons (Fsp3) is 0.429. The largest absolute Gasteiger partial charge is 0.311 e. The molecule has 1 unspecified atom stereocenters. The number of nitrogens with one attached hydrogen (secondary N) is 1. The molecule has 0 aromatic heterocycles. The molecule has 1 aromatic rings. The summed E-state index contributed by atoms with van der Waals surface area (Å²) in [5.74, 6) is -0.278. The first-order valence-electron chi connectivity index (χ1n) is 5.91. The van der Waals surface area contributed by atoms with Crippen molar-refractivity contribution in [1.29, 1.82) is 0 Å². The molecule has 0 amide bonds. The maximum Gasteiger partial charge on any atom is 0.131 e. The number of halogens is 2. The molecule has 0 radical (unpaired) electrons. The predicted molar refractivity (Wildman–Crippen MR) is 72.8 cm³/mol. The van der Waals surface area contributed by atoms with E-state index in [0.717, 1.165) is 18.5 Å². The SMILES string of the molecule is CCCNC(C)/C(C)=C/c1ccc(Cl)cc1F. The fourth-order valence-corrected chi connectivity index (χ4v) is 1.67. The Morgan fingerprint density at radius 3 is 2.82 bits per heavy atom. The lowest BCUT2D eigenvalue weighted by Crippen LogP contribution is -2.27. The van der Waals surface area contributed by atoms with Gasteiger partial charge >= 0.3 is 0 Å². The summed E-state index contributed by atoms with van der Waals surface area (Å²) in [7, 11) is 0. The summed E-state index contributed by atoms with van der Waals surface area (Å²) in [6, 6.07) is 5.00. The van der Waals surface area contributed by atoms with Crippen LogP contribution in [0.2, 0.25) is 5.02 Å². The van der Waals surface area contributed by atoms with E-state index < -0.39 is 0 Å². The first-order valence-corrected chi connectivity index (χ1v) is 6.29. The highest BCUT2D eigenvalue weighted by Gasteiger charge is 2.05. The molecular weight excluding hydrogens is 237 g/mol. The highest BCUT2D eigenvalue weighted by Crippen LogP contribution is 2.18. The maximum atomic E-state index is 13.6. The third kappa shape index (κ3) is 4.49. The Bertz CT molecular complexity index is 401. The minimum absolute atomic E-state index is 0.255. The van der Waals surface area contributed by atoms with E-state index >= 15 is 0 Å². The second-order valence-electron chi connectivity index (χ2n) is 4.23. The van der Waals surface area contributed by atoms with Crippen LogP contribution in [0.5, 0.6) is 0 Å². The van der Waals surface area contributed by atoms with Crippen molar-refractivity contribution >= 4 is 17.7 Å². The van der Waals surface area contributed by atoms with Gasteiger partial charge in [0.25, 0.3) is 0 Å². The Kier molecular flexibility index (Phi) is 5.66. The van der Waals surface area contributed by atoms with Crippen molar-refractivity contribution in [1.82, 2.24) is 5.32 Å². The van der Waals surface area contributed by atoms with Gasteiger partial charge in [-0.2, -0.15) is 0 Å². The second kappa shape index (κ2) is 6.77. The van der Waals surface area contributed by atoms with Gasteiger partial charge in [-0.1, -0.05) is 36.2 Å².